The summed E-state index contributed by atoms with van der Waals surface area (Å²) in [6, 6.07) is 7.69. The van der Waals surface area contributed by atoms with Gasteiger partial charge in [-0.2, -0.15) is 0 Å². The van der Waals surface area contributed by atoms with Crippen molar-refractivity contribution in [2.75, 3.05) is 13.2 Å². The summed E-state index contributed by atoms with van der Waals surface area (Å²) in [6.45, 7) is 4.24. The third kappa shape index (κ3) is 5.92. The van der Waals surface area contributed by atoms with Crippen LogP contribution in [-0.2, 0) is 4.79 Å². The van der Waals surface area contributed by atoms with Gasteiger partial charge in [-0.1, -0.05) is 12.1 Å². The van der Waals surface area contributed by atoms with Crippen molar-refractivity contribution in [1.29, 1.82) is 0 Å². The monoisotopic (exact) mass is 237 g/mol. The lowest BCUT2D eigenvalue weighted by atomic mass is 10.2. The van der Waals surface area contributed by atoms with Crippen LogP contribution < -0.4 is 10.1 Å². The summed E-state index contributed by atoms with van der Waals surface area (Å²) >= 11 is 0. The number of aliphatic hydroxyl groups is 1. The van der Waals surface area contributed by atoms with Crippen molar-refractivity contribution in [3.63, 3.8) is 0 Å². The first-order valence-electron chi connectivity index (χ1n) is 5.72. The summed E-state index contributed by atoms with van der Waals surface area (Å²) < 4.78 is 5.44. The Morgan fingerprint density at radius 1 is 1.53 bits per heavy atom. The van der Waals surface area contributed by atoms with Crippen LogP contribution in [0.25, 0.3) is 0 Å². The Morgan fingerprint density at radius 3 is 2.94 bits per heavy atom. The Morgan fingerprint density at radius 2 is 2.29 bits per heavy atom. The number of hydrogen-bond donors (Lipinski definition) is 2. The molecular formula is C13H19NO3. The molecule has 1 aromatic carbocycles. The van der Waals surface area contributed by atoms with Crippen molar-refractivity contribution in [2.24, 2.45) is 0 Å². The Bertz CT molecular complexity index is 363. The van der Waals surface area contributed by atoms with Crippen LogP contribution in [0.4, 0.5) is 0 Å². The number of hydrogen-bond acceptors (Lipinski definition) is 3. The predicted octanol–water partition coefficient (Wildman–Crippen LogP) is 1.26. The molecule has 0 spiro atoms. The highest BCUT2D eigenvalue weighted by Gasteiger charge is 2.03. The highest BCUT2D eigenvalue weighted by atomic mass is 16.5. The van der Waals surface area contributed by atoms with Crippen LogP contribution in [0.15, 0.2) is 24.3 Å². The number of aliphatic hydroxyl groups excluding tert-OH is 1. The molecule has 0 saturated carbocycles. The molecule has 0 heterocycles. The Kier molecular flexibility index (Phi) is 5.49. The summed E-state index contributed by atoms with van der Waals surface area (Å²) in [5.74, 6) is 0.659. The standard InChI is InChI=1S/C13H19NO3/c1-10-4-3-5-12(8-10)17-7-6-13(16)14-9-11(2)15/h3-5,8,11,15H,6-7,9H2,1-2H3,(H,14,16). The number of carbonyl (C=O) groups is 1. The van der Waals surface area contributed by atoms with Crippen molar-refractivity contribution in [3.05, 3.63) is 29.8 Å². The van der Waals surface area contributed by atoms with Crippen molar-refractivity contribution in [1.82, 2.24) is 5.32 Å². The van der Waals surface area contributed by atoms with Crippen LogP contribution in [0.3, 0.4) is 0 Å². The van der Waals surface area contributed by atoms with Crippen molar-refractivity contribution < 1.29 is 14.6 Å². The van der Waals surface area contributed by atoms with Gasteiger partial charge in [-0.05, 0) is 31.5 Å². The van der Waals surface area contributed by atoms with E-state index in [1.807, 2.05) is 31.2 Å². The molecule has 0 radical (unpaired) electrons. The first-order chi connectivity index (χ1) is 8.08. The van der Waals surface area contributed by atoms with E-state index in [9.17, 15) is 4.79 Å². The van der Waals surface area contributed by atoms with Crippen LogP contribution in [0.1, 0.15) is 18.9 Å². The lowest BCUT2D eigenvalue weighted by molar-refractivity contribution is -0.122. The lowest BCUT2D eigenvalue weighted by Crippen LogP contribution is -2.31. The van der Waals surface area contributed by atoms with E-state index in [0.717, 1.165) is 11.3 Å². The summed E-state index contributed by atoms with van der Waals surface area (Å²) in [4.78, 5) is 11.3. The van der Waals surface area contributed by atoms with E-state index in [-0.39, 0.29) is 12.5 Å². The van der Waals surface area contributed by atoms with Crippen LogP contribution in [-0.4, -0.2) is 30.3 Å². The molecule has 0 aromatic heterocycles. The van der Waals surface area contributed by atoms with Crippen LogP contribution in [0.2, 0.25) is 0 Å². The maximum Gasteiger partial charge on any atom is 0.223 e. The molecule has 1 rings (SSSR count). The van der Waals surface area contributed by atoms with Crippen LogP contribution >= 0.6 is 0 Å². The second-order valence-electron chi connectivity index (χ2n) is 4.07. The zero-order chi connectivity index (χ0) is 12.7. The van der Waals surface area contributed by atoms with Crippen molar-refractivity contribution >= 4 is 5.91 Å². The lowest BCUT2D eigenvalue weighted by Gasteiger charge is -2.08. The number of nitrogens with one attached hydrogen (secondary N) is 1. The molecule has 0 aliphatic carbocycles. The first-order valence-corrected chi connectivity index (χ1v) is 5.72. The van der Waals surface area contributed by atoms with E-state index < -0.39 is 6.10 Å². The van der Waals surface area contributed by atoms with Crippen molar-refractivity contribution in [2.45, 2.75) is 26.4 Å². The predicted molar refractivity (Wildman–Crippen MR) is 66.0 cm³/mol. The summed E-state index contributed by atoms with van der Waals surface area (Å²) in [5, 5.41) is 11.6. The maximum absolute atomic E-state index is 11.3. The molecule has 0 bridgehead atoms. The normalized spacial score (nSPS) is 11.9. The molecule has 0 fully saturated rings. The van der Waals surface area contributed by atoms with Gasteiger partial charge in [-0.25, -0.2) is 0 Å². The summed E-state index contributed by atoms with van der Waals surface area (Å²) in [6.07, 6.45) is -0.225. The largest absolute Gasteiger partial charge is 0.493 e. The Hall–Kier alpha value is -1.55. The summed E-state index contributed by atoms with van der Waals surface area (Å²) in [5.41, 5.74) is 1.13. The minimum Gasteiger partial charge on any atom is -0.493 e. The Labute approximate surface area is 102 Å². The van der Waals surface area contributed by atoms with Gasteiger partial charge in [0.1, 0.15) is 5.75 Å². The molecule has 94 valence electrons. The van der Waals surface area contributed by atoms with Gasteiger partial charge in [-0.3, -0.25) is 4.79 Å². The number of amides is 1. The topological polar surface area (TPSA) is 58.6 Å². The van der Waals surface area contributed by atoms with E-state index in [2.05, 4.69) is 5.32 Å². The quantitative estimate of drug-likeness (QED) is 0.783. The highest BCUT2D eigenvalue weighted by molar-refractivity contribution is 5.75. The van der Waals surface area contributed by atoms with Crippen LogP contribution in [0.5, 0.6) is 5.75 Å². The second-order valence-corrected chi connectivity index (χ2v) is 4.07. The molecule has 0 aliphatic heterocycles. The fourth-order valence-electron chi connectivity index (χ4n) is 1.32. The SMILES string of the molecule is Cc1cccc(OCCC(=O)NCC(C)O)c1. The average molecular weight is 237 g/mol. The van der Waals surface area contributed by atoms with Gasteiger partial charge in [0.25, 0.3) is 0 Å². The van der Waals surface area contributed by atoms with Gasteiger partial charge in [0, 0.05) is 6.54 Å². The van der Waals surface area contributed by atoms with Gasteiger partial charge in [0.15, 0.2) is 0 Å². The number of ether oxygens (including phenoxy) is 1. The minimum absolute atomic E-state index is 0.112. The van der Waals surface area contributed by atoms with Crippen LogP contribution in [0, 0.1) is 6.92 Å². The molecule has 17 heavy (non-hydrogen) atoms. The number of benzene rings is 1. The molecule has 1 amide bonds. The summed E-state index contributed by atoms with van der Waals surface area (Å²) in [7, 11) is 0. The zero-order valence-corrected chi connectivity index (χ0v) is 10.3. The van der Waals surface area contributed by atoms with Crippen molar-refractivity contribution in [3.8, 4) is 5.75 Å². The van der Waals surface area contributed by atoms with E-state index in [1.165, 1.54) is 0 Å². The molecule has 0 aliphatic rings. The van der Waals surface area contributed by atoms with E-state index >= 15 is 0 Å². The number of carbonyl (C=O) groups excluding carboxylic acids is 1. The molecule has 0 saturated heterocycles. The fourth-order valence-corrected chi connectivity index (χ4v) is 1.32. The fraction of sp³-hybridized carbons (Fsp3) is 0.462. The van der Waals surface area contributed by atoms with Gasteiger partial charge in [0.2, 0.25) is 5.91 Å². The highest BCUT2D eigenvalue weighted by Crippen LogP contribution is 2.12. The third-order valence-electron chi connectivity index (χ3n) is 2.18. The second kappa shape index (κ2) is 6.91. The molecular weight excluding hydrogens is 218 g/mol. The number of aryl methyl sites for hydroxylation is 1. The molecule has 4 nitrogen and oxygen atoms in total. The van der Waals surface area contributed by atoms with E-state index in [1.54, 1.807) is 6.92 Å². The van der Waals surface area contributed by atoms with Gasteiger partial charge in [0.05, 0.1) is 19.1 Å². The zero-order valence-electron chi connectivity index (χ0n) is 10.3. The maximum atomic E-state index is 11.3. The molecule has 1 atom stereocenters. The molecule has 1 aromatic rings. The third-order valence-corrected chi connectivity index (χ3v) is 2.18. The molecule has 4 heteroatoms. The first kappa shape index (κ1) is 13.5. The average Bonchev–Trinajstić information content (AvgIpc) is 2.26. The molecule has 1 unspecified atom stereocenters. The van der Waals surface area contributed by atoms with Gasteiger partial charge in [-0.15, -0.1) is 0 Å². The van der Waals surface area contributed by atoms with Gasteiger partial charge >= 0.3 is 0 Å². The smallest absolute Gasteiger partial charge is 0.223 e. The number of rotatable bonds is 6. The minimum atomic E-state index is -0.517. The molecule has 2 N–H and O–H groups in total. The Balaban J connectivity index is 2.21. The van der Waals surface area contributed by atoms with E-state index in [0.29, 0.717) is 13.0 Å². The van der Waals surface area contributed by atoms with Gasteiger partial charge < -0.3 is 15.2 Å². The van der Waals surface area contributed by atoms with E-state index in [4.69, 9.17) is 9.84 Å².